The summed E-state index contributed by atoms with van der Waals surface area (Å²) >= 11 is 0. The fourth-order valence-electron chi connectivity index (χ4n) is 3.13. The second-order valence-electron chi connectivity index (χ2n) is 5.59. The van der Waals surface area contributed by atoms with E-state index in [1.165, 1.54) is 0 Å². The summed E-state index contributed by atoms with van der Waals surface area (Å²) in [4.78, 5) is 0. The Hall–Kier alpha value is -1.46. The Labute approximate surface area is 125 Å². The van der Waals surface area contributed by atoms with Crippen LogP contribution in [-0.2, 0) is 9.47 Å². The van der Waals surface area contributed by atoms with Gasteiger partial charge in [-0.1, -0.05) is 0 Å². The third-order valence-corrected chi connectivity index (χ3v) is 4.33. The first-order chi connectivity index (χ1) is 10.2. The summed E-state index contributed by atoms with van der Waals surface area (Å²) in [5.74, 6) is 1.36. The molecule has 116 valence electrons. The van der Waals surface area contributed by atoms with E-state index in [1.807, 2.05) is 18.2 Å². The van der Waals surface area contributed by atoms with Crippen LogP contribution in [0.15, 0.2) is 18.2 Å². The van der Waals surface area contributed by atoms with Gasteiger partial charge in [0.2, 0.25) is 0 Å². The zero-order valence-electron chi connectivity index (χ0n) is 12.7. The average molecular weight is 293 g/mol. The largest absolute Gasteiger partial charge is 0.497 e. The van der Waals surface area contributed by atoms with Gasteiger partial charge in [-0.05, 0) is 25.0 Å². The lowest BCUT2D eigenvalue weighted by molar-refractivity contribution is -0.177. The second kappa shape index (κ2) is 6.12. The van der Waals surface area contributed by atoms with E-state index in [2.05, 4.69) is 5.32 Å². The summed E-state index contributed by atoms with van der Waals surface area (Å²) in [5, 5.41) is 3.57. The lowest BCUT2D eigenvalue weighted by atomic mass is 9.90. The Morgan fingerprint density at radius 1 is 1.10 bits per heavy atom. The molecule has 0 amide bonds. The fourth-order valence-corrected chi connectivity index (χ4v) is 3.13. The number of hydrogen-bond donors (Lipinski definition) is 1. The average Bonchev–Trinajstić information content (AvgIpc) is 2.98. The highest BCUT2D eigenvalue weighted by molar-refractivity contribution is 5.60. The smallest absolute Gasteiger partial charge is 0.168 e. The van der Waals surface area contributed by atoms with Crippen LogP contribution < -0.4 is 14.8 Å². The fraction of sp³-hybridized carbons (Fsp3) is 0.625. The van der Waals surface area contributed by atoms with E-state index >= 15 is 0 Å². The molecule has 2 fully saturated rings. The van der Waals surface area contributed by atoms with Crippen molar-refractivity contribution in [3.8, 4) is 11.5 Å². The SMILES string of the molecule is COc1ccc(OC)c(NC2CCC3(CC2)OCCO3)c1. The maximum Gasteiger partial charge on any atom is 0.168 e. The van der Waals surface area contributed by atoms with Gasteiger partial charge in [0, 0.05) is 24.9 Å². The minimum atomic E-state index is -0.309. The van der Waals surface area contributed by atoms with Gasteiger partial charge in [0.15, 0.2) is 5.79 Å². The van der Waals surface area contributed by atoms with Gasteiger partial charge in [-0.15, -0.1) is 0 Å². The van der Waals surface area contributed by atoms with E-state index in [4.69, 9.17) is 18.9 Å². The van der Waals surface area contributed by atoms with E-state index < -0.39 is 0 Å². The van der Waals surface area contributed by atoms with Crippen LogP contribution in [0.2, 0.25) is 0 Å². The van der Waals surface area contributed by atoms with Crippen molar-refractivity contribution >= 4 is 5.69 Å². The Kier molecular flexibility index (Phi) is 4.22. The van der Waals surface area contributed by atoms with Crippen molar-refractivity contribution in [2.24, 2.45) is 0 Å². The molecule has 0 atom stereocenters. The van der Waals surface area contributed by atoms with Crippen LogP contribution in [0, 0.1) is 0 Å². The van der Waals surface area contributed by atoms with Gasteiger partial charge in [0.05, 0.1) is 33.1 Å². The molecule has 21 heavy (non-hydrogen) atoms. The number of methoxy groups -OCH3 is 2. The lowest BCUT2D eigenvalue weighted by Crippen LogP contribution is -2.39. The molecule has 2 aliphatic rings. The Morgan fingerprint density at radius 3 is 2.43 bits per heavy atom. The minimum Gasteiger partial charge on any atom is -0.497 e. The van der Waals surface area contributed by atoms with Crippen molar-refractivity contribution < 1.29 is 18.9 Å². The molecular weight excluding hydrogens is 270 g/mol. The third-order valence-electron chi connectivity index (χ3n) is 4.33. The molecule has 1 aromatic rings. The van der Waals surface area contributed by atoms with Crippen molar-refractivity contribution in [2.75, 3.05) is 32.8 Å². The van der Waals surface area contributed by atoms with Gasteiger partial charge in [0.1, 0.15) is 11.5 Å². The van der Waals surface area contributed by atoms with Gasteiger partial charge in [-0.25, -0.2) is 0 Å². The van der Waals surface area contributed by atoms with Crippen LogP contribution in [0.4, 0.5) is 5.69 Å². The summed E-state index contributed by atoms with van der Waals surface area (Å²) in [6.45, 7) is 1.45. The lowest BCUT2D eigenvalue weighted by Gasteiger charge is -2.36. The summed E-state index contributed by atoms with van der Waals surface area (Å²) in [5.41, 5.74) is 0.978. The van der Waals surface area contributed by atoms with Gasteiger partial charge in [-0.2, -0.15) is 0 Å². The third kappa shape index (κ3) is 3.09. The van der Waals surface area contributed by atoms with Crippen LogP contribution in [0.25, 0.3) is 0 Å². The van der Waals surface area contributed by atoms with Crippen molar-refractivity contribution in [3.05, 3.63) is 18.2 Å². The highest BCUT2D eigenvalue weighted by atomic mass is 16.7. The maximum atomic E-state index is 5.77. The Balaban J connectivity index is 1.64. The molecule has 5 heteroatoms. The molecule has 3 rings (SSSR count). The predicted octanol–water partition coefficient (Wildman–Crippen LogP) is 2.80. The summed E-state index contributed by atoms with van der Waals surface area (Å²) < 4.78 is 22.2. The summed E-state index contributed by atoms with van der Waals surface area (Å²) in [6, 6.07) is 6.21. The summed E-state index contributed by atoms with van der Waals surface area (Å²) in [7, 11) is 3.35. The highest BCUT2D eigenvalue weighted by Crippen LogP contribution is 2.38. The molecule has 1 N–H and O–H groups in total. The molecule has 1 aromatic carbocycles. The molecule has 1 aliphatic heterocycles. The van der Waals surface area contributed by atoms with Gasteiger partial charge < -0.3 is 24.3 Å². The summed E-state index contributed by atoms with van der Waals surface area (Å²) in [6.07, 6.45) is 3.94. The number of rotatable bonds is 4. The topological polar surface area (TPSA) is 49.0 Å². The van der Waals surface area contributed by atoms with Gasteiger partial charge in [-0.3, -0.25) is 0 Å². The first-order valence-corrected chi connectivity index (χ1v) is 7.51. The van der Waals surface area contributed by atoms with Gasteiger partial charge in [0.25, 0.3) is 0 Å². The molecular formula is C16H23NO4. The molecule has 1 spiro atoms. The first kappa shape index (κ1) is 14.5. The monoisotopic (exact) mass is 293 g/mol. The molecule has 1 heterocycles. The van der Waals surface area contributed by atoms with Crippen LogP contribution >= 0.6 is 0 Å². The van der Waals surface area contributed by atoms with E-state index in [0.29, 0.717) is 6.04 Å². The molecule has 0 aromatic heterocycles. The molecule has 0 radical (unpaired) electrons. The van der Waals surface area contributed by atoms with Crippen molar-refractivity contribution in [1.29, 1.82) is 0 Å². The maximum absolute atomic E-state index is 5.77. The zero-order valence-corrected chi connectivity index (χ0v) is 12.7. The minimum absolute atomic E-state index is 0.309. The second-order valence-corrected chi connectivity index (χ2v) is 5.59. The van der Waals surface area contributed by atoms with E-state index in [-0.39, 0.29) is 5.79 Å². The number of anilines is 1. The predicted molar refractivity (Wildman–Crippen MR) is 80.1 cm³/mol. The van der Waals surface area contributed by atoms with Crippen molar-refractivity contribution in [2.45, 2.75) is 37.5 Å². The Morgan fingerprint density at radius 2 is 1.81 bits per heavy atom. The van der Waals surface area contributed by atoms with Crippen LogP contribution in [0.5, 0.6) is 11.5 Å². The van der Waals surface area contributed by atoms with Crippen LogP contribution in [-0.4, -0.2) is 39.3 Å². The van der Waals surface area contributed by atoms with Crippen molar-refractivity contribution in [3.63, 3.8) is 0 Å². The molecule has 0 unspecified atom stereocenters. The number of hydrogen-bond acceptors (Lipinski definition) is 5. The zero-order chi connectivity index (χ0) is 14.7. The molecule has 1 aliphatic carbocycles. The number of nitrogens with one attached hydrogen (secondary N) is 1. The first-order valence-electron chi connectivity index (χ1n) is 7.51. The quantitative estimate of drug-likeness (QED) is 0.925. The molecule has 0 bridgehead atoms. The number of ether oxygens (including phenoxy) is 4. The van der Waals surface area contributed by atoms with Gasteiger partial charge >= 0.3 is 0 Å². The van der Waals surface area contributed by atoms with E-state index in [0.717, 1.165) is 56.1 Å². The standard InChI is InChI=1S/C16H23NO4/c1-18-13-3-4-15(19-2)14(11-13)17-12-5-7-16(8-6-12)20-9-10-21-16/h3-4,11-12,17H,5-10H2,1-2H3. The van der Waals surface area contributed by atoms with Crippen LogP contribution in [0.1, 0.15) is 25.7 Å². The number of benzene rings is 1. The molecule has 5 nitrogen and oxygen atoms in total. The molecule has 1 saturated heterocycles. The highest BCUT2D eigenvalue weighted by Gasteiger charge is 2.40. The van der Waals surface area contributed by atoms with Crippen LogP contribution in [0.3, 0.4) is 0 Å². The van der Waals surface area contributed by atoms with Crippen molar-refractivity contribution in [1.82, 2.24) is 0 Å². The van der Waals surface area contributed by atoms with E-state index in [1.54, 1.807) is 14.2 Å². The Bertz CT molecular complexity index is 475. The van der Waals surface area contributed by atoms with E-state index in [9.17, 15) is 0 Å². The molecule has 1 saturated carbocycles. The normalized spacial score (nSPS) is 21.4.